The number of hydrogen-bond donors (Lipinski definition) is 1. The third-order valence-electron chi connectivity index (χ3n) is 3.13. The minimum absolute atomic E-state index is 0. The SMILES string of the molecule is C=C(C)/C=C(\C)c1ccc2c(n1)[nH]c1ccncc12.[HH]. The summed E-state index contributed by atoms with van der Waals surface area (Å²) in [5, 5.41) is 2.22. The summed E-state index contributed by atoms with van der Waals surface area (Å²) in [6, 6.07) is 6.10. The summed E-state index contributed by atoms with van der Waals surface area (Å²) in [7, 11) is 0. The lowest BCUT2D eigenvalue weighted by Gasteiger charge is -2.01. The maximum absolute atomic E-state index is 4.67. The molecule has 0 bridgehead atoms. The predicted octanol–water partition coefficient (Wildman–Crippen LogP) is 4.34. The van der Waals surface area contributed by atoms with E-state index in [0.717, 1.165) is 38.8 Å². The van der Waals surface area contributed by atoms with Gasteiger partial charge in [0.25, 0.3) is 0 Å². The van der Waals surface area contributed by atoms with E-state index in [4.69, 9.17) is 0 Å². The first-order valence-corrected chi connectivity index (χ1v) is 6.22. The van der Waals surface area contributed by atoms with Crippen molar-refractivity contribution in [2.45, 2.75) is 13.8 Å². The molecule has 3 aromatic rings. The van der Waals surface area contributed by atoms with Crippen molar-refractivity contribution in [1.82, 2.24) is 15.0 Å². The minimum Gasteiger partial charge on any atom is -0.339 e. The third-order valence-corrected chi connectivity index (χ3v) is 3.13. The lowest BCUT2D eigenvalue weighted by molar-refractivity contribution is 1.29. The van der Waals surface area contributed by atoms with Crippen LogP contribution in [-0.2, 0) is 0 Å². The number of hydrogen-bond acceptors (Lipinski definition) is 2. The summed E-state index contributed by atoms with van der Waals surface area (Å²) in [5.41, 5.74) is 5.08. The Balaban J connectivity index is 0.00000147. The number of aromatic nitrogens is 3. The number of allylic oxidation sites excluding steroid dienone is 3. The van der Waals surface area contributed by atoms with Gasteiger partial charge in [0.2, 0.25) is 0 Å². The van der Waals surface area contributed by atoms with Gasteiger partial charge in [0.1, 0.15) is 5.65 Å². The fourth-order valence-corrected chi connectivity index (χ4v) is 2.28. The number of nitrogens with zero attached hydrogens (tertiary/aromatic N) is 2. The Bertz CT molecular complexity index is 815. The zero-order valence-corrected chi connectivity index (χ0v) is 11.1. The Morgan fingerprint density at radius 2 is 2.11 bits per heavy atom. The first-order chi connectivity index (χ1) is 9.15. The van der Waals surface area contributed by atoms with Crippen LogP contribution in [0.25, 0.3) is 27.5 Å². The van der Waals surface area contributed by atoms with Crippen LogP contribution in [0, 0.1) is 0 Å². The molecule has 3 heteroatoms. The number of fused-ring (bicyclic) bond motifs is 3. The van der Waals surface area contributed by atoms with Crippen molar-refractivity contribution in [3.63, 3.8) is 0 Å². The van der Waals surface area contributed by atoms with E-state index in [2.05, 4.69) is 27.6 Å². The molecule has 1 N–H and O–H groups in total. The number of pyridine rings is 2. The van der Waals surface area contributed by atoms with Gasteiger partial charge < -0.3 is 4.98 Å². The second-order valence-electron chi connectivity index (χ2n) is 4.81. The van der Waals surface area contributed by atoms with Gasteiger partial charge in [0.05, 0.1) is 11.2 Å². The predicted molar refractivity (Wildman–Crippen MR) is 82.0 cm³/mol. The Labute approximate surface area is 113 Å². The van der Waals surface area contributed by atoms with Gasteiger partial charge in [-0.25, -0.2) is 4.98 Å². The first kappa shape index (κ1) is 11.7. The Kier molecular flexibility index (Phi) is 2.67. The fourth-order valence-electron chi connectivity index (χ4n) is 2.28. The van der Waals surface area contributed by atoms with Crippen molar-refractivity contribution in [2.24, 2.45) is 0 Å². The number of H-pyrrole nitrogens is 1. The average molecular weight is 251 g/mol. The molecule has 96 valence electrons. The fraction of sp³-hybridized carbons (Fsp3) is 0.125. The standard InChI is InChI=1S/C16H15N3.H2/c1-10(2)8-11(3)14-5-4-12-13-9-17-7-6-15(13)19-16(12)18-14;/h4-9H,1H2,2-3H3,(H,18,19);1H/b11-8+;. The summed E-state index contributed by atoms with van der Waals surface area (Å²) in [4.78, 5) is 12.2. The van der Waals surface area contributed by atoms with Crippen LogP contribution < -0.4 is 0 Å². The molecule has 0 amide bonds. The second kappa shape index (κ2) is 4.35. The lowest BCUT2D eigenvalue weighted by atomic mass is 10.1. The molecule has 0 aliphatic heterocycles. The van der Waals surface area contributed by atoms with E-state index in [-0.39, 0.29) is 1.43 Å². The van der Waals surface area contributed by atoms with Crippen LogP contribution in [0.15, 0.2) is 48.8 Å². The van der Waals surface area contributed by atoms with Crippen LogP contribution in [0.4, 0.5) is 0 Å². The van der Waals surface area contributed by atoms with Crippen LogP contribution >= 0.6 is 0 Å². The van der Waals surface area contributed by atoms with E-state index < -0.39 is 0 Å². The minimum atomic E-state index is 0. The molecule has 0 radical (unpaired) electrons. The molecule has 0 saturated carbocycles. The van der Waals surface area contributed by atoms with E-state index in [1.165, 1.54) is 0 Å². The summed E-state index contributed by atoms with van der Waals surface area (Å²) in [5.74, 6) is 0. The second-order valence-corrected chi connectivity index (χ2v) is 4.81. The van der Waals surface area contributed by atoms with Crippen LogP contribution in [0.3, 0.4) is 0 Å². The third kappa shape index (κ3) is 2.03. The van der Waals surface area contributed by atoms with Gasteiger partial charge >= 0.3 is 0 Å². The van der Waals surface area contributed by atoms with Crippen molar-refractivity contribution in [3.05, 3.63) is 54.5 Å². The number of nitrogens with one attached hydrogen (secondary N) is 1. The monoisotopic (exact) mass is 251 g/mol. The molecular formula is C16H17N3. The molecule has 0 aliphatic carbocycles. The van der Waals surface area contributed by atoms with Gasteiger partial charge in [-0.1, -0.05) is 18.2 Å². The molecule has 0 atom stereocenters. The van der Waals surface area contributed by atoms with Gasteiger partial charge in [-0.2, -0.15) is 0 Å². The molecule has 19 heavy (non-hydrogen) atoms. The van der Waals surface area contributed by atoms with Crippen molar-refractivity contribution in [1.29, 1.82) is 0 Å². The first-order valence-electron chi connectivity index (χ1n) is 6.22. The van der Waals surface area contributed by atoms with Crippen LogP contribution in [0.1, 0.15) is 21.0 Å². The molecular weight excluding hydrogens is 234 g/mol. The Morgan fingerprint density at radius 1 is 1.26 bits per heavy atom. The van der Waals surface area contributed by atoms with Gasteiger partial charge in [0.15, 0.2) is 0 Å². The summed E-state index contributed by atoms with van der Waals surface area (Å²) in [6.07, 6.45) is 5.69. The van der Waals surface area contributed by atoms with Gasteiger partial charge in [-0.15, -0.1) is 0 Å². The highest BCUT2D eigenvalue weighted by Crippen LogP contribution is 2.25. The molecule has 0 spiro atoms. The van der Waals surface area contributed by atoms with Crippen LogP contribution in [-0.4, -0.2) is 15.0 Å². The molecule has 3 nitrogen and oxygen atoms in total. The zero-order valence-electron chi connectivity index (χ0n) is 11.1. The Morgan fingerprint density at radius 3 is 2.89 bits per heavy atom. The topological polar surface area (TPSA) is 41.6 Å². The average Bonchev–Trinajstić information content (AvgIpc) is 2.75. The molecule has 0 unspecified atom stereocenters. The number of rotatable bonds is 2. The van der Waals surface area contributed by atoms with Crippen molar-refractivity contribution in [3.8, 4) is 0 Å². The van der Waals surface area contributed by atoms with Gasteiger partial charge in [-0.3, -0.25) is 4.98 Å². The normalized spacial score (nSPS) is 12.2. The highest BCUT2D eigenvalue weighted by molar-refractivity contribution is 6.05. The van der Waals surface area contributed by atoms with Crippen molar-refractivity contribution in [2.75, 3.05) is 0 Å². The van der Waals surface area contributed by atoms with Gasteiger partial charge in [-0.05, 0) is 37.6 Å². The van der Waals surface area contributed by atoms with Crippen molar-refractivity contribution < 1.29 is 1.43 Å². The van der Waals surface area contributed by atoms with Crippen molar-refractivity contribution >= 4 is 27.5 Å². The van der Waals surface area contributed by atoms with E-state index in [1.54, 1.807) is 6.20 Å². The summed E-state index contributed by atoms with van der Waals surface area (Å²) in [6.45, 7) is 7.93. The summed E-state index contributed by atoms with van der Waals surface area (Å²) >= 11 is 0. The number of aromatic amines is 1. The Hall–Kier alpha value is -2.42. The van der Waals surface area contributed by atoms with Gasteiger partial charge in [0, 0.05) is 24.6 Å². The molecule has 3 aromatic heterocycles. The van der Waals surface area contributed by atoms with E-state index in [1.807, 2.05) is 38.3 Å². The van der Waals surface area contributed by atoms with Crippen LogP contribution in [0.2, 0.25) is 0 Å². The quantitative estimate of drug-likeness (QED) is 0.688. The van der Waals surface area contributed by atoms with E-state index in [0.29, 0.717) is 0 Å². The molecule has 3 rings (SSSR count). The molecule has 0 aromatic carbocycles. The highest BCUT2D eigenvalue weighted by atomic mass is 14.9. The molecule has 0 saturated heterocycles. The smallest absolute Gasteiger partial charge is 0.139 e. The summed E-state index contributed by atoms with van der Waals surface area (Å²) < 4.78 is 0. The largest absolute Gasteiger partial charge is 0.339 e. The highest BCUT2D eigenvalue weighted by Gasteiger charge is 2.06. The van der Waals surface area contributed by atoms with Crippen LogP contribution in [0.5, 0.6) is 0 Å². The van der Waals surface area contributed by atoms with E-state index >= 15 is 0 Å². The molecule has 0 fully saturated rings. The molecule has 3 heterocycles. The maximum atomic E-state index is 4.67. The van der Waals surface area contributed by atoms with E-state index in [9.17, 15) is 0 Å². The lowest BCUT2D eigenvalue weighted by Crippen LogP contribution is -1.87. The molecule has 0 aliphatic rings. The zero-order chi connectivity index (χ0) is 13.4. The maximum Gasteiger partial charge on any atom is 0.139 e.